The van der Waals surface area contributed by atoms with Gasteiger partial charge in [0.1, 0.15) is 11.5 Å². The topological polar surface area (TPSA) is 35.5 Å². The van der Waals surface area contributed by atoms with Crippen LogP contribution in [0.3, 0.4) is 0 Å². The molecule has 0 bridgehead atoms. The van der Waals surface area contributed by atoms with Gasteiger partial charge in [0.2, 0.25) is 0 Å². The summed E-state index contributed by atoms with van der Waals surface area (Å²) in [6.07, 6.45) is 0.979. The Kier molecular flexibility index (Phi) is 5.43. The second-order valence-electron chi connectivity index (χ2n) is 6.53. The molecule has 3 nitrogen and oxygen atoms in total. The molecule has 0 heterocycles. The van der Waals surface area contributed by atoms with E-state index in [0.29, 0.717) is 11.5 Å². The van der Waals surface area contributed by atoms with Gasteiger partial charge in [-0.2, -0.15) is 0 Å². The molecule has 122 valence electrons. The lowest BCUT2D eigenvalue weighted by atomic mass is 9.87. The summed E-state index contributed by atoms with van der Waals surface area (Å²) in [7, 11) is 0. The second kappa shape index (κ2) is 7.32. The lowest BCUT2D eigenvalue weighted by molar-refractivity contribution is -0.136. The molecule has 0 aliphatic heterocycles. The molecule has 3 heteroatoms. The fraction of sp³-hybridized carbons (Fsp3) is 0.350. The van der Waals surface area contributed by atoms with Crippen molar-refractivity contribution >= 4 is 5.97 Å². The molecular weight excluding hydrogens is 288 g/mol. The maximum absolute atomic E-state index is 11.8. The van der Waals surface area contributed by atoms with Crippen LogP contribution in [0.2, 0.25) is 0 Å². The van der Waals surface area contributed by atoms with Crippen LogP contribution in [0.25, 0.3) is 0 Å². The number of benzene rings is 2. The molecule has 0 unspecified atom stereocenters. The second-order valence-corrected chi connectivity index (χ2v) is 6.53. The van der Waals surface area contributed by atoms with Crippen LogP contribution in [0, 0.1) is 0 Å². The number of carbonyl (C=O) groups is 1. The molecule has 0 atom stereocenters. The van der Waals surface area contributed by atoms with E-state index in [1.54, 1.807) is 0 Å². The van der Waals surface area contributed by atoms with Crippen LogP contribution < -0.4 is 9.47 Å². The molecule has 0 aliphatic rings. The third-order valence-corrected chi connectivity index (χ3v) is 3.64. The van der Waals surface area contributed by atoms with Crippen molar-refractivity contribution in [3.63, 3.8) is 0 Å². The largest absolute Gasteiger partial charge is 0.482 e. The van der Waals surface area contributed by atoms with Gasteiger partial charge >= 0.3 is 5.97 Å². The molecule has 2 rings (SSSR count). The lowest BCUT2D eigenvalue weighted by Crippen LogP contribution is -2.18. The molecule has 0 fully saturated rings. The Hall–Kier alpha value is -2.29. The van der Waals surface area contributed by atoms with Crippen molar-refractivity contribution in [2.45, 2.75) is 39.5 Å². The van der Waals surface area contributed by atoms with E-state index in [1.165, 1.54) is 11.1 Å². The number of hydrogen-bond donors (Lipinski definition) is 0. The van der Waals surface area contributed by atoms with Crippen molar-refractivity contribution in [1.82, 2.24) is 0 Å². The maximum atomic E-state index is 11.8. The van der Waals surface area contributed by atoms with Crippen LogP contribution in [-0.2, 0) is 16.6 Å². The van der Waals surface area contributed by atoms with E-state index in [-0.39, 0.29) is 12.0 Å². The van der Waals surface area contributed by atoms with Crippen molar-refractivity contribution in [3.05, 3.63) is 59.7 Å². The Bertz CT molecular complexity index is 634. The van der Waals surface area contributed by atoms with Crippen LogP contribution in [0.15, 0.2) is 48.5 Å². The first-order chi connectivity index (χ1) is 10.9. The summed E-state index contributed by atoms with van der Waals surface area (Å²) < 4.78 is 10.7. The van der Waals surface area contributed by atoms with Gasteiger partial charge in [-0.1, -0.05) is 52.0 Å². The number of carbonyl (C=O) groups excluding carboxylic acids is 1. The molecular formula is C20H24O3. The van der Waals surface area contributed by atoms with Crippen LogP contribution in [0.1, 0.15) is 38.8 Å². The molecule has 2 aromatic rings. The number of aryl methyl sites for hydroxylation is 1. The van der Waals surface area contributed by atoms with Crippen LogP contribution in [0.4, 0.5) is 0 Å². The number of esters is 1. The number of rotatable bonds is 5. The summed E-state index contributed by atoms with van der Waals surface area (Å²) >= 11 is 0. The van der Waals surface area contributed by atoms with Gasteiger partial charge in [0.15, 0.2) is 6.61 Å². The van der Waals surface area contributed by atoms with Crippen molar-refractivity contribution in [2.75, 3.05) is 6.61 Å². The van der Waals surface area contributed by atoms with Crippen molar-refractivity contribution in [2.24, 2.45) is 0 Å². The van der Waals surface area contributed by atoms with Crippen molar-refractivity contribution in [1.29, 1.82) is 0 Å². The molecule has 0 spiro atoms. The van der Waals surface area contributed by atoms with Gasteiger partial charge in [0.05, 0.1) is 0 Å². The monoisotopic (exact) mass is 312 g/mol. The predicted molar refractivity (Wildman–Crippen MR) is 92.1 cm³/mol. The highest BCUT2D eigenvalue weighted by molar-refractivity contribution is 5.74. The molecule has 0 saturated carbocycles. The first kappa shape index (κ1) is 17.1. The van der Waals surface area contributed by atoms with E-state index in [0.717, 1.165) is 6.42 Å². The summed E-state index contributed by atoms with van der Waals surface area (Å²) in [6, 6.07) is 15.3. The highest BCUT2D eigenvalue weighted by Crippen LogP contribution is 2.24. The zero-order valence-electron chi connectivity index (χ0n) is 14.3. The molecule has 0 radical (unpaired) electrons. The Morgan fingerprint density at radius 1 is 0.913 bits per heavy atom. The van der Waals surface area contributed by atoms with Gasteiger partial charge in [-0.3, -0.25) is 0 Å². The normalized spacial score (nSPS) is 11.1. The summed E-state index contributed by atoms with van der Waals surface area (Å²) in [4.78, 5) is 11.8. The Morgan fingerprint density at radius 3 is 2.00 bits per heavy atom. The lowest BCUT2D eigenvalue weighted by Gasteiger charge is -2.19. The average molecular weight is 312 g/mol. The quantitative estimate of drug-likeness (QED) is 0.601. The smallest absolute Gasteiger partial charge is 0.349 e. The van der Waals surface area contributed by atoms with Gasteiger partial charge in [0.25, 0.3) is 0 Å². The number of ether oxygens (including phenoxy) is 2. The van der Waals surface area contributed by atoms with Crippen LogP contribution >= 0.6 is 0 Å². The highest BCUT2D eigenvalue weighted by Gasteiger charge is 2.13. The molecule has 23 heavy (non-hydrogen) atoms. The van der Waals surface area contributed by atoms with E-state index >= 15 is 0 Å². The molecule has 0 N–H and O–H groups in total. The predicted octanol–water partition coefficient (Wildman–Crippen LogP) is 4.53. The third kappa shape index (κ3) is 5.13. The fourth-order valence-electron chi connectivity index (χ4n) is 2.15. The van der Waals surface area contributed by atoms with E-state index < -0.39 is 5.97 Å². The Balaban J connectivity index is 1.86. The first-order valence-corrected chi connectivity index (χ1v) is 7.91. The van der Waals surface area contributed by atoms with E-state index in [2.05, 4.69) is 27.7 Å². The third-order valence-electron chi connectivity index (χ3n) is 3.64. The molecule has 0 saturated heterocycles. The van der Waals surface area contributed by atoms with Gasteiger partial charge in [-0.15, -0.1) is 0 Å². The van der Waals surface area contributed by atoms with Crippen molar-refractivity contribution in [3.8, 4) is 11.5 Å². The summed E-state index contributed by atoms with van der Waals surface area (Å²) in [6.45, 7) is 8.42. The van der Waals surface area contributed by atoms with Crippen LogP contribution in [0.5, 0.6) is 11.5 Å². The zero-order chi connectivity index (χ0) is 16.9. The summed E-state index contributed by atoms with van der Waals surface area (Å²) in [5.41, 5.74) is 2.51. The standard InChI is InChI=1S/C20H24O3/c1-5-15-6-10-17(11-7-15)22-14-19(21)23-18-12-8-16(9-13-18)20(2,3)4/h6-13H,5,14H2,1-4H3. The molecule has 0 aliphatic carbocycles. The van der Waals surface area contributed by atoms with E-state index in [1.807, 2.05) is 48.5 Å². The van der Waals surface area contributed by atoms with Gasteiger partial charge in [0, 0.05) is 0 Å². The molecule has 2 aromatic carbocycles. The summed E-state index contributed by atoms with van der Waals surface area (Å²) in [5.74, 6) is 0.795. The van der Waals surface area contributed by atoms with Crippen molar-refractivity contribution < 1.29 is 14.3 Å². The average Bonchev–Trinajstić information content (AvgIpc) is 2.53. The van der Waals surface area contributed by atoms with Gasteiger partial charge in [-0.25, -0.2) is 4.79 Å². The molecule has 0 amide bonds. The van der Waals surface area contributed by atoms with E-state index in [9.17, 15) is 4.79 Å². The molecule has 0 aromatic heterocycles. The Labute approximate surface area is 138 Å². The minimum atomic E-state index is -0.409. The SMILES string of the molecule is CCc1ccc(OCC(=O)Oc2ccc(C(C)(C)C)cc2)cc1. The van der Waals surface area contributed by atoms with Gasteiger partial charge in [-0.05, 0) is 47.2 Å². The van der Waals surface area contributed by atoms with E-state index in [4.69, 9.17) is 9.47 Å². The van der Waals surface area contributed by atoms with Crippen LogP contribution in [-0.4, -0.2) is 12.6 Å². The first-order valence-electron chi connectivity index (χ1n) is 7.91. The zero-order valence-corrected chi connectivity index (χ0v) is 14.3. The highest BCUT2D eigenvalue weighted by atomic mass is 16.6. The minimum Gasteiger partial charge on any atom is -0.482 e. The van der Waals surface area contributed by atoms with Gasteiger partial charge < -0.3 is 9.47 Å². The fourth-order valence-corrected chi connectivity index (χ4v) is 2.15. The maximum Gasteiger partial charge on any atom is 0.349 e. The number of hydrogen-bond acceptors (Lipinski definition) is 3. The Morgan fingerprint density at radius 2 is 1.48 bits per heavy atom. The summed E-state index contributed by atoms with van der Waals surface area (Å²) in [5, 5.41) is 0. The minimum absolute atomic E-state index is 0.0797.